The summed E-state index contributed by atoms with van der Waals surface area (Å²) in [4.78, 5) is 24.1. The summed E-state index contributed by atoms with van der Waals surface area (Å²) in [5.74, 6) is -0.579. The number of carbonyl (C=O) groups is 2. The molecule has 0 radical (unpaired) electrons. The van der Waals surface area contributed by atoms with Crippen molar-refractivity contribution in [2.45, 2.75) is 38.8 Å². The lowest BCUT2D eigenvalue weighted by Crippen LogP contribution is -2.52. The smallest absolute Gasteiger partial charge is 0.326 e. The number of nitrogens with one attached hydrogen (secondary N) is 1. The van der Waals surface area contributed by atoms with Crippen LogP contribution in [0.2, 0.25) is 0 Å². The lowest BCUT2D eigenvalue weighted by atomic mass is 9.93. The van der Waals surface area contributed by atoms with Gasteiger partial charge in [0, 0.05) is 7.05 Å². The maximum atomic E-state index is 12.0. The minimum Gasteiger partial charge on any atom is -0.480 e. The molecule has 1 saturated heterocycles. The van der Waals surface area contributed by atoms with Gasteiger partial charge in [0.25, 0.3) is 0 Å². The molecule has 0 aromatic rings. The van der Waals surface area contributed by atoms with Crippen molar-refractivity contribution < 1.29 is 14.7 Å². The molecule has 0 aromatic carbocycles. The molecule has 3 atom stereocenters. The molecule has 1 fully saturated rings. The molecule has 1 rings (SSSR count). The van der Waals surface area contributed by atoms with E-state index in [0.29, 0.717) is 5.92 Å². The average molecular weight is 228 g/mol. The topological polar surface area (TPSA) is 69.6 Å². The fraction of sp³-hybridized carbons (Fsp3) is 0.818. The Labute approximate surface area is 95.8 Å². The summed E-state index contributed by atoms with van der Waals surface area (Å²) in [6.07, 6.45) is 1.86. The summed E-state index contributed by atoms with van der Waals surface area (Å²) in [5, 5.41) is 12.0. The zero-order chi connectivity index (χ0) is 12.3. The van der Waals surface area contributed by atoms with Crippen LogP contribution in [0.3, 0.4) is 0 Å². The van der Waals surface area contributed by atoms with Gasteiger partial charge in [-0.05, 0) is 32.2 Å². The molecule has 0 aliphatic carbocycles. The number of likely N-dealkylation sites (N-methyl/N-ethyl adjacent to an activating group) is 1. The Kier molecular flexibility index (Phi) is 4.29. The average Bonchev–Trinajstić information content (AvgIpc) is 2.26. The van der Waals surface area contributed by atoms with E-state index in [0.717, 1.165) is 19.4 Å². The second kappa shape index (κ2) is 5.30. The van der Waals surface area contributed by atoms with E-state index in [1.54, 1.807) is 7.05 Å². The first kappa shape index (κ1) is 13.0. The van der Waals surface area contributed by atoms with Crippen LogP contribution in [0.1, 0.15) is 26.7 Å². The zero-order valence-corrected chi connectivity index (χ0v) is 10.1. The Morgan fingerprint density at radius 1 is 1.50 bits per heavy atom. The SMILES string of the molecule is CC1CCNC(C(=O)N(C)C(C)C(=O)O)C1. The third-order valence-electron chi connectivity index (χ3n) is 3.25. The summed E-state index contributed by atoms with van der Waals surface area (Å²) >= 11 is 0. The quantitative estimate of drug-likeness (QED) is 0.729. The van der Waals surface area contributed by atoms with E-state index >= 15 is 0 Å². The van der Waals surface area contributed by atoms with Crippen molar-refractivity contribution in [2.75, 3.05) is 13.6 Å². The van der Waals surface area contributed by atoms with E-state index < -0.39 is 12.0 Å². The largest absolute Gasteiger partial charge is 0.480 e. The summed E-state index contributed by atoms with van der Waals surface area (Å²) < 4.78 is 0. The lowest BCUT2D eigenvalue weighted by molar-refractivity contribution is -0.149. The van der Waals surface area contributed by atoms with E-state index in [2.05, 4.69) is 12.2 Å². The lowest BCUT2D eigenvalue weighted by Gasteiger charge is -2.32. The van der Waals surface area contributed by atoms with Gasteiger partial charge in [0.05, 0.1) is 6.04 Å². The van der Waals surface area contributed by atoms with Crippen LogP contribution < -0.4 is 5.32 Å². The standard InChI is InChI=1S/C11H20N2O3/c1-7-4-5-12-9(6-7)10(14)13(3)8(2)11(15)16/h7-9,12H,4-6H2,1-3H3,(H,15,16). The predicted molar refractivity (Wildman–Crippen MR) is 60.1 cm³/mol. The first-order valence-electron chi connectivity index (χ1n) is 5.66. The van der Waals surface area contributed by atoms with Crippen LogP contribution in [-0.2, 0) is 9.59 Å². The number of hydrogen-bond donors (Lipinski definition) is 2. The third kappa shape index (κ3) is 2.95. The maximum absolute atomic E-state index is 12.0. The van der Waals surface area contributed by atoms with Crippen molar-refractivity contribution in [2.24, 2.45) is 5.92 Å². The van der Waals surface area contributed by atoms with Gasteiger partial charge in [-0.2, -0.15) is 0 Å². The summed E-state index contributed by atoms with van der Waals surface area (Å²) in [5.41, 5.74) is 0. The molecule has 0 spiro atoms. The van der Waals surface area contributed by atoms with E-state index in [4.69, 9.17) is 5.11 Å². The van der Waals surface area contributed by atoms with Crippen molar-refractivity contribution in [1.29, 1.82) is 0 Å². The van der Waals surface area contributed by atoms with Crippen LogP contribution in [0.5, 0.6) is 0 Å². The van der Waals surface area contributed by atoms with Crippen LogP contribution in [0, 0.1) is 5.92 Å². The van der Waals surface area contributed by atoms with Gasteiger partial charge in [0.2, 0.25) is 5.91 Å². The maximum Gasteiger partial charge on any atom is 0.326 e. The highest BCUT2D eigenvalue weighted by atomic mass is 16.4. The number of carboxylic acids is 1. The van der Waals surface area contributed by atoms with Gasteiger partial charge in [-0.25, -0.2) is 4.79 Å². The van der Waals surface area contributed by atoms with E-state index in [1.807, 2.05) is 0 Å². The fourth-order valence-corrected chi connectivity index (χ4v) is 1.90. The summed E-state index contributed by atoms with van der Waals surface area (Å²) in [7, 11) is 1.54. The van der Waals surface area contributed by atoms with Gasteiger partial charge in [-0.15, -0.1) is 0 Å². The van der Waals surface area contributed by atoms with Gasteiger partial charge in [0.1, 0.15) is 6.04 Å². The molecule has 1 heterocycles. The van der Waals surface area contributed by atoms with Gasteiger partial charge in [-0.3, -0.25) is 4.79 Å². The molecule has 1 aliphatic rings. The molecule has 1 amide bonds. The highest BCUT2D eigenvalue weighted by Gasteiger charge is 2.30. The Hall–Kier alpha value is -1.10. The van der Waals surface area contributed by atoms with Crippen molar-refractivity contribution in [3.05, 3.63) is 0 Å². The molecule has 92 valence electrons. The first-order chi connectivity index (χ1) is 7.43. The first-order valence-corrected chi connectivity index (χ1v) is 5.66. The molecule has 3 unspecified atom stereocenters. The van der Waals surface area contributed by atoms with E-state index in [1.165, 1.54) is 11.8 Å². The normalized spacial score (nSPS) is 27.2. The Morgan fingerprint density at radius 2 is 2.12 bits per heavy atom. The minimum absolute atomic E-state index is 0.124. The molecular weight excluding hydrogens is 208 g/mol. The number of aliphatic carboxylic acids is 1. The molecular formula is C11H20N2O3. The third-order valence-corrected chi connectivity index (χ3v) is 3.25. The second-order valence-electron chi connectivity index (χ2n) is 4.60. The number of amides is 1. The Morgan fingerprint density at radius 3 is 2.62 bits per heavy atom. The number of piperidine rings is 1. The van der Waals surface area contributed by atoms with Crippen LogP contribution in [0.15, 0.2) is 0 Å². The van der Waals surface area contributed by atoms with Gasteiger partial charge >= 0.3 is 5.97 Å². The molecule has 0 bridgehead atoms. The number of rotatable bonds is 3. The number of nitrogens with zero attached hydrogens (tertiary/aromatic N) is 1. The van der Waals surface area contributed by atoms with Crippen LogP contribution in [0.25, 0.3) is 0 Å². The molecule has 2 N–H and O–H groups in total. The summed E-state index contributed by atoms with van der Waals surface area (Å²) in [6, 6.07) is -0.998. The van der Waals surface area contributed by atoms with Crippen molar-refractivity contribution in [1.82, 2.24) is 10.2 Å². The van der Waals surface area contributed by atoms with Gasteiger partial charge < -0.3 is 15.3 Å². The number of hydrogen-bond acceptors (Lipinski definition) is 3. The molecule has 0 saturated carbocycles. The molecule has 0 aromatic heterocycles. The van der Waals surface area contributed by atoms with Gasteiger partial charge in [0.15, 0.2) is 0 Å². The van der Waals surface area contributed by atoms with E-state index in [-0.39, 0.29) is 11.9 Å². The van der Waals surface area contributed by atoms with E-state index in [9.17, 15) is 9.59 Å². The van der Waals surface area contributed by atoms with Crippen LogP contribution >= 0.6 is 0 Å². The highest BCUT2D eigenvalue weighted by molar-refractivity contribution is 5.86. The minimum atomic E-state index is -0.972. The zero-order valence-electron chi connectivity index (χ0n) is 10.1. The fourth-order valence-electron chi connectivity index (χ4n) is 1.90. The molecule has 16 heavy (non-hydrogen) atoms. The van der Waals surface area contributed by atoms with Crippen molar-refractivity contribution in [3.63, 3.8) is 0 Å². The Balaban J connectivity index is 2.59. The highest BCUT2D eigenvalue weighted by Crippen LogP contribution is 2.16. The summed E-state index contributed by atoms with van der Waals surface area (Å²) in [6.45, 7) is 4.46. The van der Waals surface area contributed by atoms with Crippen LogP contribution in [-0.4, -0.2) is 47.6 Å². The second-order valence-corrected chi connectivity index (χ2v) is 4.60. The van der Waals surface area contributed by atoms with Crippen molar-refractivity contribution in [3.8, 4) is 0 Å². The molecule has 1 aliphatic heterocycles. The number of carboxylic acid groups (broad SMARTS) is 1. The monoisotopic (exact) mass is 228 g/mol. The molecule has 5 heteroatoms. The van der Waals surface area contributed by atoms with Crippen LogP contribution in [0.4, 0.5) is 0 Å². The molecule has 5 nitrogen and oxygen atoms in total. The number of carbonyl (C=O) groups excluding carboxylic acids is 1. The van der Waals surface area contributed by atoms with Gasteiger partial charge in [-0.1, -0.05) is 6.92 Å². The Bertz CT molecular complexity index is 280. The predicted octanol–water partition coefficient (Wildman–Crippen LogP) is 0.306. The van der Waals surface area contributed by atoms with Crippen molar-refractivity contribution >= 4 is 11.9 Å².